The summed E-state index contributed by atoms with van der Waals surface area (Å²) in [6, 6.07) is 4.73. The third-order valence-electron chi connectivity index (χ3n) is 5.72. The van der Waals surface area contributed by atoms with Gasteiger partial charge in [0.2, 0.25) is 0 Å². The molecule has 0 spiro atoms. The fraction of sp³-hybridized carbons (Fsp3) is 0.474. The summed E-state index contributed by atoms with van der Waals surface area (Å²) in [6.45, 7) is 1.91. The number of carbonyl (C=O) groups excluding carboxylic acids is 1. The van der Waals surface area contributed by atoms with E-state index in [0.717, 1.165) is 36.9 Å². The number of rotatable bonds is 3. The van der Waals surface area contributed by atoms with Gasteiger partial charge < -0.3 is 10.0 Å². The van der Waals surface area contributed by atoms with Crippen molar-refractivity contribution in [3.63, 3.8) is 0 Å². The Morgan fingerprint density at radius 1 is 1.23 bits per heavy atom. The summed E-state index contributed by atoms with van der Waals surface area (Å²) in [5.41, 5.74) is 2.28. The maximum atomic E-state index is 13.2. The molecule has 7 heteroatoms. The van der Waals surface area contributed by atoms with Crippen molar-refractivity contribution < 1.29 is 14.7 Å². The maximum Gasteiger partial charge on any atom is 0.326 e. The first-order valence-corrected chi connectivity index (χ1v) is 9.07. The average Bonchev–Trinajstić information content (AvgIpc) is 3.28. The van der Waals surface area contributed by atoms with Gasteiger partial charge in [0.15, 0.2) is 0 Å². The van der Waals surface area contributed by atoms with Crippen LogP contribution in [0.4, 0.5) is 0 Å². The molecule has 2 fully saturated rings. The van der Waals surface area contributed by atoms with Gasteiger partial charge in [-0.1, -0.05) is 12.8 Å². The fourth-order valence-corrected chi connectivity index (χ4v) is 4.50. The monoisotopic (exact) mass is 354 g/mol. The number of amides is 1. The van der Waals surface area contributed by atoms with E-state index >= 15 is 0 Å². The van der Waals surface area contributed by atoms with E-state index in [1.54, 1.807) is 22.0 Å². The average molecular weight is 354 g/mol. The number of aliphatic carboxylic acids is 1. The first kappa shape index (κ1) is 16.8. The van der Waals surface area contributed by atoms with Gasteiger partial charge in [0.1, 0.15) is 18.7 Å². The van der Waals surface area contributed by atoms with Gasteiger partial charge in [0.05, 0.1) is 5.69 Å². The highest BCUT2D eigenvalue weighted by Gasteiger charge is 2.47. The second kappa shape index (κ2) is 6.55. The second-order valence-electron chi connectivity index (χ2n) is 7.26. The van der Waals surface area contributed by atoms with Crippen LogP contribution in [0.15, 0.2) is 30.9 Å². The van der Waals surface area contributed by atoms with Crippen LogP contribution in [0.2, 0.25) is 0 Å². The molecule has 0 radical (unpaired) electrons. The molecular weight excluding hydrogens is 332 g/mol. The molecular formula is C19H22N4O3. The molecule has 7 nitrogen and oxygen atoms in total. The van der Waals surface area contributed by atoms with Crippen LogP contribution in [-0.4, -0.2) is 48.7 Å². The van der Waals surface area contributed by atoms with Crippen LogP contribution in [0.25, 0.3) is 5.69 Å². The minimum atomic E-state index is -0.899. The van der Waals surface area contributed by atoms with Gasteiger partial charge in [0, 0.05) is 11.6 Å². The zero-order valence-corrected chi connectivity index (χ0v) is 14.7. The number of nitrogens with zero attached hydrogens (tertiary/aromatic N) is 4. The van der Waals surface area contributed by atoms with Crippen LogP contribution < -0.4 is 0 Å². The van der Waals surface area contributed by atoms with E-state index in [-0.39, 0.29) is 11.9 Å². The van der Waals surface area contributed by atoms with E-state index in [1.807, 2.05) is 19.1 Å². The van der Waals surface area contributed by atoms with Gasteiger partial charge in [-0.15, -0.1) is 0 Å². The Kier molecular flexibility index (Phi) is 4.22. The Morgan fingerprint density at radius 2 is 2.04 bits per heavy atom. The summed E-state index contributed by atoms with van der Waals surface area (Å²) in [7, 11) is 0. The van der Waals surface area contributed by atoms with Gasteiger partial charge in [-0.05, 0) is 55.9 Å². The Bertz CT molecular complexity index is 833. The summed E-state index contributed by atoms with van der Waals surface area (Å²) >= 11 is 0. The minimum Gasteiger partial charge on any atom is -0.480 e. The molecule has 2 aliphatic rings. The lowest BCUT2D eigenvalue weighted by Crippen LogP contribution is -2.46. The molecule has 26 heavy (non-hydrogen) atoms. The molecule has 3 atom stereocenters. The van der Waals surface area contributed by atoms with Gasteiger partial charge in [0.25, 0.3) is 5.91 Å². The van der Waals surface area contributed by atoms with Gasteiger partial charge >= 0.3 is 5.97 Å². The van der Waals surface area contributed by atoms with Crippen LogP contribution >= 0.6 is 0 Å². The third-order valence-corrected chi connectivity index (χ3v) is 5.72. The molecule has 2 aromatic rings. The summed E-state index contributed by atoms with van der Waals surface area (Å²) in [5.74, 6) is -0.770. The Hall–Kier alpha value is -2.70. The minimum absolute atomic E-state index is 0.0487. The highest BCUT2D eigenvalue weighted by molar-refractivity contribution is 5.97. The molecule has 1 N–H and O–H groups in total. The largest absolute Gasteiger partial charge is 0.480 e. The van der Waals surface area contributed by atoms with Crippen LogP contribution in [0, 0.1) is 12.8 Å². The van der Waals surface area contributed by atoms with Crippen molar-refractivity contribution in [1.82, 2.24) is 19.7 Å². The van der Waals surface area contributed by atoms with Crippen LogP contribution in [0.5, 0.6) is 0 Å². The van der Waals surface area contributed by atoms with E-state index in [9.17, 15) is 14.7 Å². The van der Waals surface area contributed by atoms with E-state index in [2.05, 4.69) is 10.1 Å². The Labute approximate surface area is 151 Å². The number of carboxylic acids is 1. The molecule has 1 aromatic carbocycles. The zero-order valence-electron chi connectivity index (χ0n) is 14.7. The molecule has 0 bridgehead atoms. The van der Waals surface area contributed by atoms with Crippen molar-refractivity contribution in [2.45, 2.75) is 51.1 Å². The molecule has 1 saturated carbocycles. The van der Waals surface area contributed by atoms with Crippen molar-refractivity contribution in [2.75, 3.05) is 0 Å². The summed E-state index contributed by atoms with van der Waals surface area (Å²) in [6.07, 6.45) is 7.74. The number of aryl methyl sites for hydroxylation is 1. The second-order valence-corrected chi connectivity index (χ2v) is 7.26. The number of benzene rings is 1. The zero-order chi connectivity index (χ0) is 18.3. The molecule has 1 saturated heterocycles. The molecule has 1 aliphatic heterocycles. The van der Waals surface area contributed by atoms with Crippen molar-refractivity contribution in [2.24, 2.45) is 5.92 Å². The summed E-state index contributed by atoms with van der Waals surface area (Å²) in [4.78, 5) is 30.5. The van der Waals surface area contributed by atoms with Gasteiger partial charge in [-0.25, -0.2) is 14.5 Å². The van der Waals surface area contributed by atoms with E-state index in [4.69, 9.17) is 0 Å². The van der Waals surface area contributed by atoms with Crippen molar-refractivity contribution in [1.29, 1.82) is 0 Å². The molecule has 136 valence electrons. The van der Waals surface area contributed by atoms with Gasteiger partial charge in [-0.2, -0.15) is 5.10 Å². The van der Waals surface area contributed by atoms with Crippen molar-refractivity contribution in [3.05, 3.63) is 42.0 Å². The van der Waals surface area contributed by atoms with Gasteiger partial charge in [-0.3, -0.25) is 4.79 Å². The molecule has 0 unspecified atom stereocenters. The topological polar surface area (TPSA) is 88.3 Å². The van der Waals surface area contributed by atoms with E-state index < -0.39 is 12.0 Å². The lowest BCUT2D eigenvalue weighted by Gasteiger charge is -2.33. The number of aromatic nitrogens is 3. The quantitative estimate of drug-likeness (QED) is 0.914. The summed E-state index contributed by atoms with van der Waals surface area (Å²) in [5, 5.41) is 13.8. The third kappa shape index (κ3) is 2.77. The molecule has 1 amide bonds. The lowest BCUT2D eigenvalue weighted by molar-refractivity contribution is -0.141. The molecule has 1 aromatic heterocycles. The van der Waals surface area contributed by atoms with Crippen LogP contribution in [0.1, 0.15) is 48.0 Å². The number of likely N-dealkylation sites (tertiary alicyclic amines) is 1. The number of carboxylic acid groups (broad SMARTS) is 1. The van der Waals surface area contributed by atoms with E-state index in [1.165, 1.54) is 6.33 Å². The van der Waals surface area contributed by atoms with Crippen molar-refractivity contribution in [3.8, 4) is 5.69 Å². The number of hydrogen-bond acceptors (Lipinski definition) is 4. The highest BCUT2D eigenvalue weighted by atomic mass is 16.4. The normalized spacial score (nSPS) is 25.1. The highest BCUT2D eigenvalue weighted by Crippen LogP contribution is 2.40. The first-order valence-electron chi connectivity index (χ1n) is 9.07. The first-order chi connectivity index (χ1) is 12.6. The molecule has 4 rings (SSSR count). The Balaban J connectivity index is 1.65. The molecule has 1 aliphatic carbocycles. The molecule has 2 heterocycles. The smallest absolute Gasteiger partial charge is 0.326 e. The Morgan fingerprint density at radius 3 is 2.73 bits per heavy atom. The predicted molar refractivity (Wildman–Crippen MR) is 94.1 cm³/mol. The fourth-order valence-electron chi connectivity index (χ4n) is 4.50. The van der Waals surface area contributed by atoms with Crippen LogP contribution in [-0.2, 0) is 4.79 Å². The van der Waals surface area contributed by atoms with Crippen LogP contribution in [0.3, 0.4) is 0 Å². The number of fused-ring (bicyclic) bond motifs is 1. The maximum absolute atomic E-state index is 13.2. The van der Waals surface area contributed by atoms with E-state index in [0.29, 0.717) is 17.9 Å². The number of hydrogen-bond donors (Lipinski definition) is 1. The number of carbonyl (C=O) groups is 2. The standard InChI is InChI=1S/C19H22N4O3/c1-12-8-14(6-7-15(12)22-11-20-10-21-22)18(24)23-16-5-3-2-4-13(16)9-17(23)19(25)26/h6-8,10-11,13,16-17H,2-5,9H2,1H3,(H,25,26)/t13-,16+,17-/m0/s1. The van der Waals surface area contributed by atoms with Crippen molar-refractivity contribution >= 4 is 11.9 Å². The summed E-state index contributed by atoms with van der Waals surface area (Å²) < 4.78 is 1.65. The SMILES string of the molecule is Cc1cc(C(=O)N2[C@@H]3CCCC[C@H]3C[C@H]2C(=O)O)ccc1-n1cncn1. The predicted octanol–water partition coefficient (Wildman–Crippen LogP) is 2.43. The lowest BCUT2D eigenvalue weighted by atomic mass is 9.84.